The third kappa shape index (κ3) is 2.01. The van der Waals surface area contributed by atoms with E-state index < -0.39 is 21.5 Å². The molecular formula is C11H10Cl2O4S. The molecule has 0 atom stereocenters. The van der Waals surface area contributed by atoms with Gasteiger partial charge in [0, 0.05) is 5.56 Å². The summed E-state index contributed by atoms with van der Waals surface area (Å²) in [5.41, 5.74) is -1.26. The average Bonchev–Trinajstić information content (AvgIpc) is 2.35. The van der Waals surface area contributed by atoms with Crippen LogP contribution in [0.15, 0.2) is 24.0 Å². The first-order valence-corrected chi connectivity index (χ1v) is 7.17. The van der Waals surface area contributed by atoms with Crippen LogP contribution < -0.4 is 0 Å². The molecule has 0 bridgehead atoms. The van der Waals surface area contributed by atoms with E-state index in [1.165, 1.54) is 26.0 Å². The van der Waals surface area contributed by atoms with Crippen LogP contribution in [0.2, 0.25) is 10.0 Å². The van der Waals surface area contributed by atoms with Crippen LogP contribution in [0.25, 0.3) is 4.91 Å². The molecule has 18 heavy (non-hydrogen) atoms. The normalized spacial score (nSPS) is 21.3. The maximum absolute atomic E-state index is 11.9. The highest BCUT2D eigenvalue weighted by molar-refractivity contribution is 7.96. The van der Waals surface area contributed by atoms with E-state index in [2.05, 4.69) is 0 Å². The minimum Gasteiger partial charge on any atom is -0.508 e. The Morgan fingerprint density at radius 1 is 1.22 bits per heavy atom. The van der Waals surface area contributed by atoms with Gasteiger partial charge in [0.05, 0.1) is 10.0 Å². The molecule has 0 saturated heterocycles. The average molecular weight is 309 g/mol. The standard InChI is InChI=1S/C11H10Cl2O4S/c1-11(2)10(14)9(18(15,16)17-11)8-6(12)4-3-5-7(8)13/h3-5,14H,1-2H3. The van der Waals surface area contributed by atoms with E-state index in [0.717, 1.165) is 0 Å². The summed E-state index contributed by atoms with van der Waals surface area (Å²) in [6, 6.07) is 4.56. The molecule has 0 radical (unpaired) electrons. The minimum atomic E-state index is -4.08. The second-order valence-corrected chi connectivity index (χ2v) is 6.62. The molecule has 0 saturated carbocycles. The number of rotatable bonds is 1. The molecule has 1 aliphatic heterocycles. The van der Waals surface area contributed by atoms with E-state index in [1.807, 2.05) is 0 Å². The number of halogens is 2. The van der Waals surface area contributed by atoms with E-state index in [-0.39, 0.29) is 20.5 Å². The van der Waals surface area contributed by atoms with Crippen LogP contribution in [-0.2, 0) is 14.3 Å². The van der Waals surface area contributed by atoms with E-state index >= 15 is 0 Å². The van der Waals surface area contributed by atoms with Crippen LogP contribution in [0.3, 0.4) is 0 Å². The third-order valence-electron chi connectivity index (χ3n) is 2.54. The summed E-state index contributed by atoms with van der Waals surface area (Å²) in [5, 5.41) is 10.3. The van der Waals surface area contributed by atoms with Crippen LogP contribution in [-0.4, -0.2) is 19.1 Å². The van der Waals surface area contributed by atoms with Gasteiger partial charge in [0.2, 0.25) is 0 Å². The smallest absolute Gasteiger partial charge is 0.302 e. The SMILES string of the molecule is CC1(C)OS(=O)(=O)C(c2c(Cl)cccc2Cl)=C1O. The molecule has 2 rings (SSSR count). The lowest BCUT2D eigenvalue weighted by Crippen LogP contribution is -2.22. The van der Waals surface area contributed by atoms with Crippen molar-refractivity contribution in [1.29, 1.82) is 0 Å². The quantitative estimate of drug-likeness (QED) is 0.808. The largest absolute Gasteiger partial charge is 0.508 e. The van der Waals surface area contributed by atoms with Gasteiger partial charge < -0.3 is 5.11 Å². The summed E-state index contributed by atoms with van der Waals surface area (Å²) in [4.78, 5) is -0.372. The van der Waals surface area contributed by atoms with Crippen molar-refractivity contribution in [2.75, 3.05) is 0 Å². The van der Waals surface area contributed by atoms with Crippen molar-refractivity contribution in [3.63, 3.8) is 0 Å². The van der Waals surface area contributed by atoms with Crippen molar-refractivity contribution < 1.29 is 17.7 Å². The van der Waals surface area contributed by atoms with E-state index in [9.17, 15) is 13.5 Å². The van der Waals surface area contributed by atoms with Gasteiger partial charge in [-0.05, 0) is 26.0 Å². The minimum absolute atomic E-state index is 0.0592. The van der Waals surface area contributed by atoms with Crippen molar-refractivity contribution >= 4 is 38.2 Å². The second-order valence-electron chi connectivity index (χ2n) is 4.32. The van der Waals surface area contributed by atoms with Crippen molar-refractivity contribution in [1.82, 2.24) is 0 Å². The molecule has 1 aliphatic rings. The molecule has 0 aromatic heterocycles. The molecule has 98 valence electrons. The van der Waals surface area contributed by atoms with Crippen molar-refractivity contribution in [3.05, 3.63) is 39.6 Å². The molecule has 4 nitrogen and oxygen atoms in total. The first kappa shape index (κ1) is 13.7. The van der Waals surface area contributed by atoms with Gasteiger partial charge in [-0.1, -0.05) is 29.3 Å². The Bertz CT molecular complexity index is 627. The van der Waals surface area contributed by atoms with Crippen LogP contribution in [0.5, 0.6) is 0 Å². The van der Waals surface area contributed by atoms with Gasteiger partial charge in [-0.25, -0.2) is 0 Å². The van der Waals surface area contributed by atoms with Gasteiger partial charge in [-0.3, -0.25) is 4.18 Å². The topological polar surface area (TPSA) is 63.6 Å². The van der Waals surface area contributed by atoms with E-state index in [0.29, 0.717) is 0 Å². The fourth-order valence-electron chi connectivity index (χ4n) is 1.71. The van der Waals surface area contributed by atoms with Crippen molar-refractivity contribution in [2.24, 2.45) is 0 Å². The highest BCUT2D eigenvalue weighted by atomic mass is 35.5. The van der Waals surface area contributed by atoms with Gasteiger partial charge in [-0.2, -0.15) is 8.42 Å². The summed E-state index contributed by atoms with van der Waals surface area (Å²) in [7, 11) is -4.08. The Morgan fingerprint density at radius 3 is 2.11 bits per heavy atom. The van der Waals surface area contributed by atoms with E-state index in [1.54, 1.807) is 6.07 Å². The number of hydrogen-bond donors (Lipinski definition) is 1. The van der Waals surface area contributed by atoms with Crippen LogP contribution >= 0.6 is 23.2 Å². The summed E-state index contributed by atoms with van der Waals surface area (Å²) in [6.45, 7) is 2.88. The van der Waals surface area contributed by atoms with Crippen molar-refractivity contribution in [2.45, 2.75) is 19.4 Å². The fraction of sp³-hybridized carbons (Fsp3) is 0.273. The summed E-state index contributed by atoms with van der Waals surface area (Å²) in [6.07, 6.45) is 0. The zero-order chi connectivity index (χ0) is 13.7. The molecule has 0 amide bonds. The molecule has 1 aromatic carbocycles. The molecule has 0 spiro atoms. The maximum Gasteiger partial charge on any atom is 0.302 e. The zero-order valence-corrected chi connectivity index (χ0v) is 11.9. The predicted molar refractivity (Wildman–Crippen MR) is 70.1 cm³/mol. The first-order chi connectivity index (χ1) is 8.17. The van der Waals surface area contributed by atoms with Gasteiger partial charge >= 0.3 is 10.1 Å². The first-order valence-electron chi connectivity index (χ1n) is 5.00. The van der Waals surface area contributed by atoms with Crippen LogP contribution in [0, 0.1) is 0 Å². The molecule has 0 fully saturated rings. The lowest BCUT2D eigenvalue weighted by molar-refractivity contribution is 0.119. The summed E-state index contributed by atoms with van der Waals surface area (Å²) >= 11 is 11.9. The zero-order valence-electron chi connectivity index (χ0n) is 9.57. The Kier molecular flexibility index (Phi) is 3.14. The number of benzene rings is 1. The van der Waals surface area contributed by atoms with Crippen LogP contribution in [0.1, 0.15) is 19.4 Å². The summed E-state index contributed by atoms with van der Waals surface area (Å²) in [5.74, 6) is -0.405. The number of aliphatic hydroxyl groups is 1. The van der Waals surface area contributed by atoms with Gasteiger partial charge in [0.1, 0.15) is 16.3 Å². The van der Waals surface area contributed by atoms with Crippen LogP contribution in [0.4, 0.5) is 0 Å². The lowest BCUT2D eigenvalue weighted by atomic mass is 10.0. The Hall–Kier alpha value is -0.750. The molecule has 0 aliphatic carbocycles. The van der Waals surface area contributed by atoms with Gasteiger partial charge in [0.15, 0.2) is 0 Å². The second kappa shape index (κ2) is 4.13. The predicted octanol–water partition coefficient (Wildman–Crippen LogP) is 3.36. The number of aliphatic hydroxyl groups excluding tert-OH is 1. The molecule has 1 N–H and O–H groups in total. The third-order valence-corrected chi connectivity index (χ3v) is 4.71. The van der Waals surface area contributed by atoms with Gasteiger partial charge in [0.25, 0.3) is 0 Å². The highest BCUT2D eigenvalue weighted by Crippen LogP contribution is 2.45. The molecule has 1 aromatic rings. The maximum atomic E-state index is 11.9. The molecular weight excluding hydrogens is 299 g/mol. The molecule has 7 heteroatoms. The Balaban J connectivity index is 2.82. The Morgan fingerprint density at radius 2 is 1.72 bits per heavy atom. The number of hydrogen-bond acceptors (Lipinski definition) is 4. The highest BCUT2D eigenvalue weighted by Gasteiger charge is 2.46. The molecule has 1 heterocycles. The van der Waals surface area contributed by atoms with Crippen molar-refractivity contribution in [3.8, 4) is 0 Å². The fourth-order valence-corrected chi connectivity index (χ4v) is 4.07. The summed E-state index contributed by atoms with van der Waals surface area (Å²) < 4.78 is 28.7. The monoisotopic (exact) mass is 308 g/mol. The lowest BCUT2D eigenvalue weighted by Gasteiger charge is -2.14. The van der Waals surface area contributed by atoms with E-state index in [4.69, 9.17) is 27.4 Å². The molecule has 0 unspecified atom stereocenters. The Labute approximate surface area is 115 Å². The van der Waals surface area contributed by atoms with Gasteiger partial charge in [-0.15, -0.1) is 0 Å².